The van der Waals surface area contributed by atoms with Gasteiger partial charge in [0.25, 0.3) is 0 Å². The summed E-state index contributed by atoms with van der Waals surface area (Å²) in [6.07, 6.45) is 17.4. The van der Waals surface area contributed by atoms with Crippen LogP contribution >= 0.6 is 0 Å². The molecule has 0 aliphatic carbocycles. The number of hydrogen-bond acceptors (Lipinski definition) is 1. The first-order chi connectivity index (χ1) is 9.18. The lowest BCUT2D eigenvalue weighted by Crippen LogP contribution is -3.03. The summed E-state index contributed by atoms with van der Waals surface area (Å²) in [5, 5.41) is 10.1. The molecule has 0 rings (SSSR count). The first-order valence-corrected chi connectivity index (χ1v) is 8.68. The smallest absolute Gasteiger partial charge is 0.0737 e. The monoisotopic (exact) mass is 273 g/mol. The van der Waals surface area contributed by atoms with Gasteiger partial charge in [0.15, 0.2) is 0 Å². The molecule has 2 nitrogen and oxygen atoms in total. The van der Waals surface area contributed by atoms with Gasteiger partial charge in [-0.2, -0.15) is 0 Å². The van der Waals surface area contributed by atoms with Crippen molar-refractivity contribution in [3.8, 4) is 0 Å². The first-order valence-electron chi connectivity index (χ1n) is 8.68. The topological polar surface area (TPSA) is 27.5 Å². The van der Waals surface area contributed by atoms with Crippen LogP contribution in [0.25, 0.3) is 0 Å². The molecular weight excluding hydrogens is 234 g/mol. The average molecular weight is 274 g/mol. The lowest BCUT2D eigenvalue weighted by Gasteiger charge is -2.10. The van der Waals surface area contributed by atoms with E-state index in [0.717, 1.165) is 0 Å². The molecule has 19 heavy (non-hydrogen) atoms. The molecule has 0 aliphatic rings. The van der Waals surface area contributed by atoms with Crippen LogP contribution in [0.3, 0.4) is 0 Å². The summed E-state index contributed by atoms with van der Waals surface area (Å²) >= 11 is 0. The van der Waals surface area contributed by atoms with Crippen molar-refractivity contribution in [2.75, 3.05) is 13.6 Å². The Bertz CT molecular complexity index is 125. The van der Waals surface area contributed by atoms with Gasteiger partial charge in [0.2, 0.25) is 0 Å². The van der Waals surface area contributed by atoms with E-state index < -0.39 is 0 Å². The Morgan fingerprint density at radius 1 is 0.579 bits per heavy atom. The first kappa shape index (κ1) is 21.2. The molecular formula is C17H39NO. The highest BCUT2D eigenvalue weighted by atomic mass is 16.5. The Kier molecular flexibility index (Phi) is 22.6. The van der Waals surface area contributed by atoms with Gasteiger partial charge in [0.1, 0.15) is 0 Å². The quantitative estimate of drug-likeness (QED) is 0.404. The molecule has 0 saturated heterocycles. The number of nitrogens with one attached hydrogen (secondary N) is 1. The van der Waals surface area contributed by atoms with Crippen LogP contribution < -0.4 is 5.06 Å². The molecule has 0 aromatic heterocycles. The lowest BCUT2D eigenvalue weighted by atomic mass is 10.1. The second kappa shape index (κ2) is 20.2. The highest BCUT2D eigenvalue weighted by Gasteiger charge is 1.91. The summed E-state index contributed by atoms with van der Waals surface area (Å²) in [4.78, 5) is 0. The Morgan fingerprint density at radius 2 is 0.789 bits per heavy atom. The standard InChI is InChI=1S/C14H30.C3H9NO/c1-3-5-7-9-11-13-14-12-10-8-6-4-2;1-3-4(2)5/h3-14H2,1-2H3;4H,3H2,1-2H3. The minimum absolute atomic E-state index is 0.255. The fourth-order valence-electron chi connectivity index (χ4n) is 1.91. The van der Waals surface area contributed by atoms with E-state index in [2.05, 4.69) is 13.8 Å². The Morgan fingerprint density at radius 3 is 0.947 bits per heavy atom. The molecule has 2 heteroatoms. The molecule has 0 saturated carbocycles. The molecule has 0 aromatic carbocycles. The van der Waals surface area contributed by atoms with E-state index in [1.807, 2.05) is 6.92 Å². The predicted molar refractivity (Wildman–Crippen MR) is 87.5 cm³/mol. The van der Waals surface area contributed by atoms with E-state index in [9.17, 15) is 5.21 Å². The lowest BCUT2D eigenvalue weighted by molar-refractivity contribution is -0.823. The summed E-state index contributed by atoms with van der Waals surface area (Å²) in [6.45, 7) is 7.09. The molecule has 1 unspecified atom stereocenters. The van der Waals surface area contributed by atoms with Gasteiger partial charge in [-0.3, -0.25) is 0 Å². The zero-order valence-electron chi connectivity index (χ0n) is 14.1. The molecule has 0 bridgehead atoms. The van der Waals surface area contributed by atoms with Crippen molar-refractivity contribution < 1.29 is 5.06 Å². The molecule has 0 fully saturated rings. The normalized spacial score (nSPS) is 11.8. The van der Waals surface area contributed by atoms with E-state index in [-0.39, 0.29) is 5.06 Å². The van der Waals surface area contributed by atoms with Crippen molar-refractivity contribution >= 4 is 0 Å². The summed E-state index contributed by atoms with van der Waals surface area (Å²) < 4.78 is 0. The van der Waals surface area contributed by atoms with Gasteiger partial charge in [0, 0.05) is 0 Å². The molecule has 0 spiro atoms. The maximum absolute atomic E-state index is 9.81. The minimum atomic E-state index is 0.255. The van der Waals surface area contributed by atoms with Crippen molar-refractivity contribution in [3.63, 3.8) is 0 Å². The molecule has 0 aromatic rings. The number of hydrogen-bond donors (Lipinski definition) is 1. The van der Waals surface area contributed by atoms with Gasteiger partial charge in [-0.25, -0.2) is 0 Å². The van der Waals surface area contributed by atoms with Crippen LogP contribution in [-0.4, -0.2) is 13.6 Å². The fourth-order valence-corrected chi connectivity index (χ4v) is 1.91. The van der Waals surface area contributed by atoms with E-state index in [0.29, 0.717) is 6.54 Å². The van der Waals surface area contributed by atoms with Crippen LogP contribution in [0.15, 0.2) is 0 Å². The number of unbranched alkanes of at least 4 members (excludes halogenated alkanes) is 11. The molecule has 0 radical (unpaired) electrons. The molecule has 0 aliphatic heterocycles. The second-order valence-electron chi connectivity index (χ2n) is 5.59. The summed E-state index contributed by atoms with van der Waals surface area (Å²) in [5.41, 5.74) is 0. The van der Waals surface area contributed by atoms with Gasteiger partial charge in [-0.1, -0.05) is 90.9 Å². The van der Waals surface area contributed by atoms with Crippen LogP contribution in [0.4, 0.5) is 0 Å². The van der Waals surface area contributed by atoms with Crippen molar-refractivity contribution in [2.45, 2.75) is 97.8 Å². The van der Waals surface area contributed by atoms with Crippen molar-refractivity contribution in [2.24, 2.45) is 0 Å². The van der Waals surface area contributed by atoms with Crippen LogP contribution in [0, 0.1) is 5.21 Å². The van der Waals surface area contributed by atoms with Crippen LogP contribution in [-0.2, 0) is 0 Å². The second-order valence-corrected chi connectivity index (χ2v) is 5.59. The van der Waals surface area contributed by atoms with Crippen molar-refractivity contribution in [1.82, 2.24) is 0 Å². The zero-order valence-corrected chi connectivity index (χ0v) is 14.1. The third kappa shape index (κ3) is 27.2. The van der Waals surface area contributed by atoms with Gasteiger partial charge in [-0.15, -0.1) is 0 Å². The molecule has 118 valence electrons. The van der Waals surface area contributed by atoms with Gasteiger partial charge in [-0.05, 0) is 6.92 Å². The Balaban J connectivity index is 0. The van der Waals surface area contributed by atoms with Crippen LogP contribution in [0.1, 0.15) is 97.8 Å². The van der Waals surface area contributed by atoms with Gasteiger partial charge >= 0.3 is 0 Å². The number of rotatable bonds is 12. The van der Waals surface area contributed by atoms with Gasteiger partial charge in [0.05, 0.1) is 13.6 Å². The summed E-state index contributed by atoms with van der Waals surface area (Å²) in [6, 6.07) is 0. The van der Waals surface area contributed by atoms with Gasteiger partial charge < -0.3 is 10.3 Å². The summed E-state index contributed by atoms with van der Waals surface area (Å²) in [7, 11) is 1.58. The van der Waals surface area contributed by atoms with E-state index >= 15 is 0 Å². The summed E-state index contributed by atoms with van der Waals surface area (Å²) in [5.74, 6) is 0. The van der Waals surface area contributed by atoms with Crippen molar-refractivity contribution in [1.29, 1.82) is 0 Å². The molecule has 1 atom stereocenters. The molecule has 1 N–H and O–H groups in total. The van der Waals surface area contributed by atoms with E-state index in [1.54, 1.807) is 7.05 Å². The SMILES string of the molecule is CCCCCCCCCCCCCC.CC[NH+](C)[O-]. The third-order valence-electron chi connectivity index (χ3n) is 3.45. The van der Waals surface area contributed by atoms with Crippen LogP contribution in [0.2, 0.25) is 0 Å². The zero-order chi connectivity index (χ0) is 14.8. The minimum Gasteiger partial charge on any atom is -0.634 e. The van der Waals surface area contributed by atoms with Crippen molar-refractivity contribution in [3.05, 3.63) is 5.21 Å². The number of quaternary nitrogens is 1. The highest BCUT2D eigenvalue weighted by molar-refractivity contribution is 4.47. The Labute approximate surface area is 122 Å². The van der Waals surface area contributed by atoms with Crippen LogP contribution in [0.5, 0.6) is 0 Å². The largest absolute Gasteiger partial charge is 0.634 e. The Hall–Kier alpha value is -0.0800. The average Bonchev–Trinajstić information content (AvgIpc) is 2.41. The number of hydroxylamine groups is 2. The fraction of sp³-hybridized carbons (Fsp3) is 1.00. The predicted octanol–water partition coefficient (Wildman–Crippen LogP) is 4.73. The van der Waals surface area contributed by atoms with E-state index in [1.165, 1.54) is 77.0 Å². The highest BCUT2D eigenvalue weighted by Crippen LogP contribution is 2.11. The van der Waals surface area contributed by atoms with E-state index in [4.69, 9.17) is 0 Å². The third-order valence-corrected chi connectivity index (χ3v) is 3.45. The molecule has 0 heterocycles. The maximum Gasteiger partial charge on any atom is 0.0737 e. The molecule has 0 amide bonds. The maximum atomic E-state index is 9.81.